The third kappa shape index (κ3) is 5.55. The first-order valence-electron chi connectivity index (χ1n) is 8.31. The lowest BCUT2D eigenvalue weighted by atomic mass is 10.1. The van der Waals surface area contributed by atoms with E-state index in [2.05, 4.69) is 5.32 Å². The summed E-state index contributed by atoms with van der Waals surface area (Å²) in [4.78, 5) is 23.0. The number of sulfone groups is 1. The molecule has 7 nitrogen and oxygen atoms in total. The molecule has 2 aromatic rings. The molecule has 2 N–H and O–H groups in total. The fraction of sp³-hybridized carbons (Fsp3) is 0.263. The Morgan fingerprint density at radius 1 is 1.07 bits per heavy atom. The molecule has 144 valence electrons. The molecule has 2 rings (SSSR count). The van der Waals surface area contributed by atoms with Crippen molar-refractivity contribution in [3.8, 4) is 5.75 Å². The highest BCUT2D eigenvalue weighted by Crippen LogP contribution is 2.19. The van der Waals surface area contributed by atoms with Gasteiger partial charge in [0.05, 0.1) is 16.7 Å². The van der Waals surface area contributed by atoms with E-state index < -0.39 is 22.4 Å². The Bertz CT molecular complexity index is 904. The molecule has 0 saturated carbocycles. The molecule has 0 fully saturated rings. The van der Waals surface area contributed by atoms with E-state index in [4.69, 9.17) is 9.84 Å². The van der Waals surface area contributed by atoms with Gasteiger partial charge in [-0.25, -0.2) is 13.2 Å². The average Bonchev–Trinajstić information content (AvgIpc) is 2.66. The Labute approximate surface area is 157 Å². The number of hydrogen-bond acceptors (Lipinski definition) is 5. The van der Waals surface area contributed by atoms with Gasteiger partial charge in [-0.15, -0.1) is 0 Å². The van der Waals surface area contributed by atoms with E-state index in [9.17, 15) is 18.0 Å². The number of carboxylic acids is 1. The van der Waals surface area contributed by atoms with Crippen LogP contribution in [0.1, 0.15) is 35.8 Å². The number of carbonyl (C=O) groups is 2. The summed E-state index contributed by atoms with van der Waals surface area (Å²) < 4.78 is 28.7. The first kappa shape index (κ1) is 20.4. The highest BCUT2D eigenvalue weighted by molar-refractivity contribution is 7.91. The normalized spacial score (nSPS) is 12.2. The Morgan fingerprint density at radius 2 is 1.67 bits per heavy atom. The van der Waals surface area contributed by atoms with E-state index in [1.54, 1.807) is 38.1 Å². The molecule has 27 heavy (non-hydrogen) atoms. The lowest BCUT2D eigenvalue weighted by molar-refractivity contribution is -0.139. The number of carbonyl (C=O) groups excluding carboxylic acids is 1. The molecule has 0 aliphatic rings. The van der Waals surface area contributed by atoms with Crippen molar-refractivity contribution in [2.45, 2.75) is 24.8 Å². The molecule has 0 spiro atoms. The molecule has 0 saturated heterocycles. The Morgan fingerprint density at radius 3 is 2.19 bits per heavy atom. The van der Waals surface area contributed by atoms with Crippen LogP contribution in [-0.2, 0) is 14.6 Å². The highest BCUT2D eigenvalue weighted by atomic mass is 32.2. The van der Waals surface area contributed by atoms with E-state index in [0.29, 0.717) is 11.3 Å². The van der Waals surface area contributed by atoms with Crippen LogP contribution in [0.25, 0.3) is 0 Å². The van der Waals surface area contributed by atoms with Crippen LogP contribution in [0.3, 0.4) is 0 Å². The van der Waals surface area contributed by atoms with E-state index in [1.165, 1.54) is 24.3 Å². The zero-order chi connectivity index (χ0) is 20.0. The Hall–Kier alpha value is -2.87. The SMILES string of the molecule is CCS(=O)(=O)c1ccc(C(=O)NC(C)c2ccc(OCC(=O)O)cc2)cc1. The van der Waals surface area contributed by atoms with Gasteiger partial charge in [0.25, 0.3) is 5.91 Å². The second kappa shape index (κ2) is 8.68. The third-order valence-electron chi connectivity index (χ3n) is 3.95. The predicted molar refractivity (Wildman–Crippen MR) is 99.6 cm³/mol. The van der Waals surface area contributed by atoms with Crippen molar-refractivity contribution in [2.75, 3.05) is 12.4 Å². The van der Waals surface area contributed by atoms with Gasteiger partial charge in [0.1, 0.15) is 5.75 Å². The molecule has 0 radical (unpaired) electrons. The lowest BCUT2D eigenvalue weighted by Gasteiger charge is -2.15. The summed E-state index contributed by atoms with van der Waals surface area (Å²) >= 11 is 0. The zero-order valence-electron chi connectivity index (χ0n) is 15.0. The van der Waals surface area contributed by atoms with Crippen LogP contribution < -0.4 is 10.1 Å². The highest BCUT2D eigenvalue weighted by Gasteiger charge is 2.15. The van der Waals surface area contributed by atoms with Crippen molar-refractivity contribution in [3.63, 3.8) is 0 Å². The number of ether oxygens (including phenoxy) is 1. The quantitative estimate of drug-likeness (QED) is 0.715. The maximum Gasteiger partial charge on any atom is 0.341 e. The van der Waals surface area contributed by atoms with Gasteiger partial charge < -0.3 is 15.2 Å². The molecule has 0 aliphatic heterocycles. The van der Waals surface area contributed by atoms with Crippen LogP contribution >= 0.6 is 0 Å². The topological polar surface area (TPSA) is 110 Å². The van der Waals surface area contributed by atoms with Gasteiger partial charge >= 0.3 is 5.97 Å². The average molecular weight is 391 g/mol. The van der Waals surface area contributed by atoms with Gasteiger partial charge in [-0.3, -0.25) is 4.79 Å². The van der Waals surface area contributed by atoms with Crippen LogP contribution in [0.5, 0.6) is 5.75 Å². The van der Waals surface area contributed by atoms with E-state index in [-0.39, 0.29) is 22.6 Å². The van der Waals surface area contributed by atoms with Gasteiger partial charge in [0.15, 0.2) is 16.4 Å². The van der Waals surface area contributed by atoms with Crippen molar-refractivity contribution in [2.24, 2.45) is 0 Å². The first-order chi connectivity index (χ1) is 12.7. The molecule has 1 amide bonds. The Kier molecular flexibility index (Phi) is 6.57. The summed E-state index contributed by atoms with van der Waals surface area (Å²) in [5.41, 5.74) is 1.18. The van der Waals surface area contributed by atoms with Gasteiger partial charge in [0, 0.05) is 5.56 Å². The molecule has 0 aliphatic carbocycles. The third-order valence-corrected chi connectivity index (χ3v) is 5.70. The molecule has 8 heteroatoms. The standard InChI is InChI=1S/C19H21NO6S/c1-3-27(24,25)17-10-6-15(7-11-17)19(23)20-13(2)14-4-8-16(9-5-14)26-12-18(21)22/h4-11,13H,3,12H2,1-2H3,(H,20,23)(H,21,22). The largest absolute Gasteiger partial charge is 0.482 e. The molecule has 1 unspecified atom stereocenters. The minimum absolute atomic E-state index is 0.00174. The number of carboxylic acid groups (broad SMARTS) is 1. The fourth-order valence-electron chi connectivity index (χ4n) is 2.34. The first-order valence-corrected chi connectivity index (χ1v) is 9.96. The molecule has 1 atom stereocenters. The Balaban J connectivity index is 2.01. The van der Waals surface area contributed by atoms with Crippen molar-refractivity contribution < 1.29 is 27.9 Å². The minimum Gasteiger partial charge on any atom is -0.482 e. The second-order valence-corrected chi connectivity index (χ2v) is 8.15. The van der Waals surface area contributed by atoms with Crippen LogP contribution in [0.4, 0.5) is 0 Å². The van der Waals surface area contributed by atoms with Crippen molar-refractivity contribution >= 4 is 21.7 Å². The van der Waals surface area contributed by atoms with Gasteiger partial charge in [0.2, 0.25) is 0 Å². The van der Waals surface area contributed by atoms with Crippen molar-refractivity contribution in [1.82, 2.24) is 5.32 Å². The van der Waals surface area contributed by atoms with E-state index in [0.717, 1.165) is 5.56 Å². The van der Waals surface area contributed by atoms with Crippen LogP contribution in [0.2, 0.25) is 0 Å². The van der Waals surface area contributed by atoms with E-state index >= 15 is 0 Å². The number of amides is 1. The monoisotopic (exact) mass is 391 g/mol. The van der Waals surface area contributed by atoms with Gasteiger partial charge in [-0.2, -0.15) is 0 Å². The second-order valence-electron chi connectivity index (χ2n) is 5.87. The molecular weight excluding hydrogens is 370 g/mol. The number of aliphatic carboxylic acids is 1. The van der Waals surface area contributed by atoms with Gasteiger partial charge in [-0.1, -0.05) is 19.1 Å². The maximum absolute atomic E-state index is 12.4. The number of hydrogen-bond donors (Lipinski definition) is 2. The molecule has 0 bridgehead atoms. The summed E-state index contributed by atoms with van der Waals surface area (Å²) in [6.45, 7) is 2.95. The van der Waals surface area contributed by atoms with Crippen LogP contribution in [0, 0.1) is 0 Å². The van der Waals surface area contributed by atoms with Crippen molar-refractivity contribution in [3.05, 3.63) is 59.7 Å². The van der Waals surface area contributed by atoms with Crippen LogP contribution in [0.15, 0.2) is 53.4 Å². The summed E-state index contributed by atoms with van der Waals surface area (Å²) in [6, 6.07) is 12.2. The summed E-state index contributed by atoms with van der Waals surface area (Å²) in [6.07, 6.45) is 0. The van der Waals surface area contributed by atoms with Crippen LogP contribution in [-0.4, -0.2) is 37.8 Å². The summed E-state index contributed by atoms with van der Waals surface area (Å²) in [5, 5.41) is 11.4. The molecule has 0 aromatic heterocycles. The minimum atomic E-state index is -3.30. The zero-order valence-corrected chi connectivity index (χ0v) is 15.8. The fourth-order valence-corrected chi connectivity index (χ4v) is 3.23. The molecular formula is C19H21NO6S. The molecule has 2 aromatic carbocycles. The lowest BCUT2D eigenvalue weighted by Crippen LogP contribution is -2.26. The van der Waals surface area contributed by atoms with E-state index in [1.807, 2.05) is 0 Å². The molecule has 0 heterocycles. The maximum atomic E-state index is 12.4. The van der Waals surface area contributed by atoms with Crippen molar-refractivity contribution in [1.29, 1.82) is 0 Å². The summed E-state index contributed by atoms with van der Waals surface area (Å²) in [5.74, 6) is -0.958. The summed E-state index contributed by atoms with van der Waals surface area (Å²) in [7, 11) is -3.30. The van der Waals surface area contributed by atoms with Gasteiger partial charge in [-0.05, 0) is 48.9 Å². The predicted octanol–water partition coefficient (Wildman–Crippen LogP) is 2.43. The number of rotatable bonds is 8. The number of benzene rings is 2. The number of nitrogens with one attached hydrogen (secondary N) is 1. The smallest absolute Gasteiger partial charge is 0.341 e.